The van der Waals surface area contributed by atoms with Crippen LogP contribution in [0.3, 0.4) is 0 Å². The highest BCUT2D eigenvalue weighted by Crippen LogP contribution is 2.35. The van der Waals surface area contributed by atoms with Crippen LogP contribution in [0.1, 0.15) is 44.1 Å². The molecule has 2 aliphatic rings. The molecule has 1 saturated carbocycles. The average Bonchev–Trinajstić information content (AvgIpc) is 3.11. The number of para-hydroxylation sites is 1. The van der Waals surface area contributed by atoms with E-state index in [1.165, 1.54) is 6.42 Å². The van der Waals surface area contributed by atoms with E-state index in [1.807, 2.05) is 35.4 Å². The van der Waals surface area contributed by atoms with E-state index in [0.717, 1.165) is 55.1 Å². The number of carbonyl (C=O) groups is 1. The molecule has 1 aliphatic heterocycles. The first-order valence-electron chi connectivity index (χ1n) is 9.53. The zero-order chi connectivity index (χ0) is 17.2. The largest absolute Gasteiger partial charge is 0.393 e. The van der Waals surface area contributed by atoms with Crippen LogP contribution in [-0.4, -0.2) is 39.6 Å². The molecule has 4 heteroatoms. The molecule has 4 nitrogen and oxygen atoms in total. The van der Waals surface area contributed by atoms with E-state index >= 15 is 0 Å². The molecule has 4 rings (SSSR count). The van der Waals surface area contributed by atoms with Crippen molar-refractivity contribution in [2.24, 2.45) is 5.92 Å². The van der Waals surface area contributed by atoms with Gasteiger partial charge < -0.3 is 10.0 Å². The third-order valence-corrected chi connectivity index (χ3v) is 5.90. The minimum atomic E-state index is -0.241. The van der Waals surface area contributed by atoms with Crippen LogP contribution in [-0.2, 0) is 11.2 Å². The van der Waals surface area contributed by atoms with Crippen molar-refractivity contribution in [2.75, 3.05) is 6.54 Å². The van der Waals surface area contributed by atoms with Gasteiger partial charge in [0.15, 0.2) is 0 Å². The molecular formula is C21H26N2O2. The van der Waals surface area contributed by atoms with Crippen molar-refractivity contribution in [1.29, 1.82) is 0 Å². The van der Waals surface area contributed by atoms with Crippen LogP contribution in [0.15, 0.2) is 36.5 Å². The quantitative estimate of drug-likeness (QED) is 0.934. The van der Waals surface area contributed by atoms with Gasteiger partial charge in [0.05, 0.1) is 18.0 Å². The standard InChI is InChI=1S/C21H26N2O2/c24-20-10-4-2-7-17(20)19-9-5-11-23(19)21(25)13-15-12-16-6-1-3-8-18(16)22-14-15/h1,3,6,8,12,14,17,19-20,24H,2,4-5,7,9-11,13H2/t17-,19-,20+/m1/s1. The van der Waals surface area contributed by atoms with Crippen LogP contribution >= 0.6 is 0 Å². The molecule has 25 heavy (non-hydrogen) atoms. The number of hydrogen-bond acceptors (Lipinski definition) is 3. The lowest BCUT2D eigenvalue weighted by Crippen LogP contribution is -2.45. The Hall–Kier alpha value is -1.94. The van der Waals surface area contributed by atoms with Crippen LogP contribution in [0.5, 0.6) is 0 Å². The van der Waals surface area contributed by atoms with Crippen molar-refractivity contribution in [2.45, 2.75) is 57.1 Å². The summed E-state index contributed by atoms with van der Waals surface area (Å²) in [5.41, 5.74) is 1.93. The van der Waals surface area contributed by atoms with Gasteiger partial charge >= 0.3 is 0 Å². The zero-order valence-corrected chi connectivity index (χ0v) is 14.6. The molecule has 132 valence electrons. The number of aliphatic hydroxyl groups excluding tert-OH is 1. The first-order valence-corrected chi connectivity index (χ1v) is 9.53. The first-order chi connectivity index (χ1) is 12.2. The van der Waals surface area contributed by atoms with Crippen LogP contribution in [0.4, 0.5) is 0 Å². The summed E-state index contributed by atoms with van der Waals surface area (Å²) in [5, 5.41) is 11.5. The molecule has 2 heterocycles. The SMILES string of the molecule is O=C(Cc1cnc2ccccc2c1)N1CCC[C@@H]1[C@H]1CCCC[C@@H]1O. The molecule has 1 aliphatic carbocycles. The number of aliphatic hydroxyl groups is 1. The van der Waals surface area contributed by atoms with Gasteiger partial charge in [-0.3, -0.25) is 9.78 Å². The monoisotopic (exact) mass is 338 g/mol. The maximum absolute atomic E-state index is 12.9. The number of benzene rings is 1. The van der Waals surface area contributed by atoms with E-state index in [1.54, 1.807) is 0 Å². The summed E-state index contributed by atoms with van der Waals surface area (Å²) in [6, 6.07) is 10.3. The second-order valence-electron chi connectivity index (χ2n) is 7.53. The molecule has 1 aromatic carbocycles. The average molecular weight is 338 g/mol. The fourth-order valence-corrected chi connectivity index (χ4v) is 4.63. The Morgan fingerprint density at radius 2 is 2.00 bits per heavy atom. The number of fused-ring (bicyclic) bond motifs is 1. The molecule has 0 radical (unpaired) electrons. The van der Waals surface area contributed by atoms with Crippen LogP contribution in [0, 0.1) is 5.92 Å². The van der Waals surface area contributed by atoms with Gasteiger partial charge in [0, 0.05) is 30.1 Å². The molecule has 0 spiro atoms. The fourth-order valence-electron chi connectivity index (χ4n) is 4.63. The van der Waals surface area contributed by atoms with Crippen molar-refractivity contribution in [3.8, 4) is 0 Å². The van der Waals surface area contributed by atoms with Crippen LogP contribution in [0.25, 0.3) is 10.9 Å². The van der Waals surface area contributed by atoms with E-state index in [4.69, 9.17) is 0 Å². The molecule has 0 unspecified atom stereocenters. The van der Waals surface area contributed by atoms with Crippen molar-refractivity contribution in [3.63, 3.8) is 0 Å². The normalized spacial score (nSPS) is 26.9. The van der Waals surface area contributed by atoms with Crippen molar-refractivity contribution in [1.82, 2.24) is 9.88 Å². The Balaban J connectivity index is 1.49. The van der Waals surface area contributed by atoms with Gasteiger partial charge in [-0.25, -0.2) is 0 Å². The summed E-state index contributed by atoms with van der Waals surface area (Å²) in [5.74, 6) is 0.437. The molecule has 1 aromatic heterocycles. The van der Waals surface area contributed by atoms with Gasteiger partial charge in [-0.05, 0) is 43.4 Å². The summed E-state index contributed by atoms with van der Waals surface area (Å²) in [4.78, 5) is 19.4. The number of pyridine rings is 1. The number of rotatable bonds is 3. The smallest absolute Gasteiger partial charge is 0.227 e. The van der Waals surface area contributed by atoms with E-state index in [2.05, 4.69) is 11.1 Å². The van der Waals surface area contributed by atoms with Gasteiger partial charge in [0.2, 0.25) is 5.91 Å². The number of likely N-dealkylation sites (tertiary alicyclic amines) is 1. The summed E-state index contributed by atoms with van der Waals surface area (Å²) in [6.45, 7) is 0.827. The Kier molecular flexibility index (Phi) is 4.71. The van der Waals surface area contributed by atoms with Gasteiger partial charge in [0.25, 0.3) is 0 Å². The molecule has 1 saturated heterocycles. The zero-order valence-electron chi connectivity index (χ0n) is 14.6. The van der Waals surface area contributed by atoms with E-state index < -0.39 is 0 Å². The summed E-state index contributed by atoms with van der Waals surface area (Å²) in [7, 11) is 0. The van der Waals surface area contributed by atoms with Crippen LogP contribution < -0.4 is 0 Å². The molecule has 1 amide bonds. The van der Waals surface area contributed by atoms with Crippen molar-refractivity contribution >= 4 is 16.8 Å². The molecule has 1 N–H and O–H groups in total. The van der Waals surface area contributed by atoms with E-state index in [9.17, 15) is 9.90 Å². The highest BCUT2D eigenvalue weighted by atomic mass is 16.3. The van der Waals surface area contributed by atoms with Crippen molar-refractivity contribution < 1.29 is 9.90 Å². The predicted octanol–water partition coefficient (Wildman–Crippen LogP) is 3.32. The predicted molar refractivity (Wildman–Crippen MR) is 98.1 cm³/mol. The molecular weight excluding hydrogens is 312 g/mol. The van der Waals surface area contributed by atoms with Gasteiger partial charge in [-0.2, -0.15) is 0 Å². The number of aromatic nitrogens is 1. The maximum atomic E-state index is 12.9. The fraction of sp³-hybridized carbons (Fsp3) is 0.524. The number of nitrogens with zero attached hydrogens (tertiary/aromatic N) is 2. The Labute approximate surface area is 148 Å². The lowest BCUT2D eigenvalue weighted by molar-refractivity contribution is -0.133. The Morgan fingerprint density at radius 1 is 1.16 bits per heavy atom. The second-order valence-corrected chi connectivity index (χ2v) is 7.53. The number of hydrogen-bond donors (Lipinski definition) is 1. The highest BCUT2D eigenvalue weighted by Gasteiger charge is 2.38. The van der Waals surface area contributed by atoms with E-state index in [-0.39, 0.29) is 24.0 Å². The molecule has 3 atom stereocenters. The van der Waals surface area contributed by atoms with Crippen LogP contribution in [0.2, 0.25) is 0 Å². The number of carbonyl (C=O) groups excluding carboxylic acids is 1. The topological polar surface area (TPSA) is 53.4 Å². The van der Waals surface area contributed by atoms with Gasteiger partial charge in [-0.15, -0.1) is 0 Å². The maximum Gasteiger partial charge on any atom is 0.227 e. The minimum absolute atomic E-state index is 0.178. The lowest BCUT2D eigenvalue weighted by atomic mass is 9.80. The van der Waals surface area contributed by atoms with E-state index in [0.29, 0.717) is 6.42 Å². The summed E-state index contributed by atoms with van der Waals surface area (Å²) < 4.78 is 0. The second kappa shape index (κ2) is 7.12. The summed E-state index contributed by atoms with van der Waals surface area (Å²) >= 11 is 0. The molecule has 0 bridgehead atoms. The first kappa shape index (κ1) is 16.5. The van der Waals surface area contributed by atoms with Gasteiger partial charge in [0.1, 0.15) is 0 Å². The highest BCUT2D eigenvalue weighted by molar-refractivity contribution is 5.83. The minimum Gasteiger partial charge on any atom is -0.393 e. The third kappa shape index (κ3) is 3.40. The third-order valence-electron chi connectivity index (χ3n) is 5.90. The molecule has 2 fully saturated rings. The number of amides is 1. The van der Waals surface area contributed by atoms with Crippen molar-refractivity contribution in [3.05, 3.63) is 42.1 Å². The Bertz CT molecular complexity index is 760. The lowest BCUT2D eigenvalue weighted by Gasteiger charge is -2.37. The summed E-state index contributed by atoms with van der Waals surface area (Å²) in [6.07, 6.45) is 8.28. The molecule has 2 aromatic rings. The van der Waals surface area contributed by atoms with Gasteiger partial charge in [-0.1, -0.05) is 31.0 Å². The Morgan fingerprint density at radius 3 is 2.88 bits per heavy atom.